The van der Waals surface area contributed by atoms with Crippen molar-refractivity contribution in [3.05, 3.63) is 67.5 Å². The smallest absolute Gasteiger partial charge is 0.290 e. The lowest BCUT2D eigenvalue weighted by Gasteiger charge is -2.26. The largest absolute Gasteiger partial charge is 0.503 e. The van der Waals surface area contributed by atoms with Crippen molar-refractivity contribution in [2.75, 3.05) is 13.2 Å². The summed E-state index contributed by atoms with van der Waals surface area (Å²) in [6.45, 7) is -0.366. The molecule has 25 heavy (non-hydrogen) atoms. The highest BCUT2D eigenvalue weighted by Gasteiger charge is 2.44. The first-order valence-electron chi connectivity index (χ1n) is 7.33. The molecule has 1 aliphatic rings. The number of benzene rings is 1. The Bertz CT molecular complexity index is 864. The van der Waals surface area contributed by atoms with E-state index in [2.05, 4.69) is 0 Å². The molecule has 2 heterocycles. The van der Waals surface area contributed by atoms with Gasteiger partial charge >= 0.3 is 0 Å². The monoisotopic (exact) mass is 397 g/mol. The maximum Gasteiger partial charge on any atom is 0.290 e. The molecular formula is C17H13Cl2NO4S. The molecule has 1 aromatic carbocycles. The average Bonchev–Trinajstić information content (AvgIpc) is 3.18. The molecule has 0 aliphatic carbocycles. The van der Waals surface area contributed by atoms with Gasteiger partial charge in [-0.15, -0.1) is 11.3 Å². The molecule has 1 unspecified atom stereocenters. The third-order valence-corrected chi connectivity index (χ3v) is 5.32. The molecule has 1 atom stereocenters. The minimum Gasteiger partial charge on any atom is -0.503 e. The zero-order valence-corrected chi connectivity index (χ0v) is 15.1. The Labute approximate surface area is 157 Å². The average molecular weight is 398 g/mol. The predicted octanol–water partition coefficient (Wildman–Crippen LogP) is 3.63. The molecule has 0 bridgehead atoms. The second kappa shape index (κ2) is 7.17. The molecule has 0 saturated heterocycles. The highest BCUT2D eigenvalue weighted by atomic mass is 35.5. The Hall–Kier alpha value is -1.86. The number of aliphatic hydroxyl groups excluding tert-OH is 2. The molecule has 130 valence electrons. The molecule has 1 aliphatic heterocycles. The Morgan fingerprint density at radius 2 is 2.04 bits per heavy atom. The SMILES string of the molecule is O=C(C1=C(O)C(=O)N(CCO)C1c1ccc(Cl)cc1Cl)c1cccs1. The van der Waals surface area contributed by atoms with Gasteiger partial charge in [0.2, 0.25) is 5.78 Å². The number of carbonyl (C=O) groups is 2. The van der Waals surface area contributed by atoms with Gasteiger partial charge in [-0.25, -0.2) is 0 Å². The van der Waals surface area contributed by atoms with Crippen molar-refractivity contribution in [3.8, 4) is 0 Å². The summed E-state index contributed by atoms with van der Waals surface area (Å²) in [5.41, 5.74) is 0.405. The van der Waals surface area contributed by atoms with E-state index in [0.29, 0.717) is 15.5 Å². The van der Waals surface area contributed by atoms with Crippen LogP contribution in [0.5, 0.6) is 0 Å². The van der Waals surface area contributed by atoms with Gasteiger partial charge in [-0.3, -0.25) is 9.59 Å². The summed E-state index contributed by atoms with van der Waals surface area (Å²) in [5, 5.41) is 22.0. The predicted molar refractivity (Wildman–Crippen MR) is 96.3 cm³/mol. The Balaban J connectivity index is 2.15. The number of halogens is 2. The van der Waals surface area contributed by atoms with E-state index in [0.717, 1.165) is 0 Å². The summed E-state index contributed by atoms with van der Waals surface area (Å²) in [5.74, 6) is -1.79. The van der Waals surface area contributed by atoms with Gasteiger partial charge in [0.15, 0.2) is 5.76 Å². The Morgan fingerprint density at radius 1 is 1.28 bits per heavy atom. The fourth-order valence-corrected chi connectivity index (χ4v) is 4.00. The van der Waals surface area contributed by atoms with Crippen LogP contribution in [0, 0.1) is 0 Å². The van der Waals surface area contributed by atoms with E-state index in [1.54, 1.807) is 29.6 Å². The molecular weight excluding hydrogens is 385 g/mol. The highest BCUT2D eigenvalue weighted by Crippen LogP contribution is 2.42. The summed E-state index contributed by atoms with van der Waals surface area (Å²) in [6, 6.07) is 7.14. The fraction of sp³-hybridized carbons (Fsp3) is 0.176. The van der Waals surface area contributed by atoms with Gasteiger partial charge in [-0.05, 0) is 29.1 Å². The molecule has 1 amide bonds. The van der Waals surface area contributed by atoms with Crippen molar-refractivity contribution >= 4 is 46.2 Å². The standard InChI is InChI=1S/C17H13Cl2NO4S/c18-9-3-4-10(11(19)8-9)14-13(15(22)12-2-1-7-25-12)16(23)17(24)20(14)5-6-21/h1-4,7-8,14,21,23H,5-6H2. The van der Waals surface area contributed by atoms with Crippen LogP contribution in [0.15, 0.2) is 47.0 Å². The number of amides is 1. The molecule has 0 saturated carbocycles. The van der Waals surface area contributed by atoms with Gasteiger partial charge in [0.05, 0.1) is 23.1 Å². The Kier molecular flexibility index (Phi) is 5.15. The van der Waals surface area contributed by atoms with Crippen molar-refractivity contribution in [1.29, 1.82) is 0 Å². The molecule has 2 N–H and O–H groups in total. The summed E-state index contributed by atoms with van der Waals surface area (Å²) in [4.78, 5) is 26.9. The van der Waals surface area contributed by atoms with Gasteiger partial charge < -0.3 is 15.1 Å². The van der Waals surface area contributed by atoms with E-state index in [1.165, 1.54) is 22.3 Å². The molecule has 3 rings (SSSR count). The minimum absolute atomic E-state index is 0.0479. The third kappa shape index (κ3) is 3.18. The summed E-state index contributed by atoms with van der Waals surface area (Å²) in [7, 11) is 0. The van der Waals surface area contributed by atoms with Crippen molar-refractivity contribution in [2.45, 2.75) is 6.04 Å². The number of ketones is 1. The van der Waals surface area contributed by atoms with E-state index >= 15 is 0 Å². The van der Waals surface area contributed by atoms with Gasteiger partial charge in [0, 0.05) is 16.6 Å². The van der Waals surface area contributed by atoms with E-state index in [1.807, 2.05) is 0 Å². The molecule has 1 aromatic heterocycles. The van der Waals surface area contributed by atoms with Crippen LogP contribution in [-0.2, 0) is 4.79 Å². The Morgan fingerprint density at radius 3 is 2.64 bits per heavy atom. The summed E-state index contributed by atoms with van der Waals surface area (Å²) in [6.07, 6.45) is 0. The zero-order chi connectivity index (χ0) is 18.1. The minimum atomic E-state index is -0.890. The van der Waals surface area contributed by atoms with Crippen LogP contribution >= 0.6 is 34.5 Å². The number of nitrogens with zero attached hydrogens (tertiary/aromatic N) is 1. The molecule has 5 nitrogen and oxygen atoms in total. The van der Waals surface area contributed by atoms with Crippen LogP contribution in [0.25, 0.3) is 0 Å². The number of β-amino-alcohol motifs (C(OH)–C–C–N with tert-alkyl or cyclic N) is 1. The second-order valence-electron chi connectivity index (χ2n) is 5.36. The van der Waals surface area contributed by atoms with E-state index < -0.39 is 23.5 Å². The van der Waals surface area contributed by atoms with E-state index in [9.17, 15) is 19.8 Å². The number of carbonyl (C=O) groups excluding carboxylic acids is 2. The number of Topliss-reactive ketones (excluding diaryl/α,β-unsaturated/α-hetero) is 1. The maximum absolute atomic E-state index is 12.9. The second-order valence-corrected chi connectivity index (χ2v) is 7.15. The van der Waals surface area contributed by atoms with E-state index in [-0.39, 0.29) is 23.7 Å². The van der Waals surface area contributed by atoms with Crippen LogP contribution in [0.2, 0.25) is 10.0 Å². The van der Waals surface area contributed by atoms with Gasteiger partial charge in [0.25, 0.3) is 5.91 Å². The summed E-state index contributed by atoms with van der Waals surface area (Å²) >= 11 is 13.4. The van der Waals surface area contributed by atoms with Crippen LogP contribution in [-0.4, -0.2) is 40.0 Å². The van der Waals surface area contributed by atoms with Gasteiger partial charge in [-0.2, -0.15) is 0 Å². The van der Waals surface area contributed by atoms with Crippen LogP contribution in [0.1, 0.15) is 21.3 Å². The van der Waals surface area contributed by atoms with Crippen LogP contribution in [0.3, 0.4) is 0 Å². The first kappa shape index (κ1) is 17.9. The fourth-order valence-electron chi connectivity index (χ4n) is 2.81. The lowest BCUT2D eigenvalue weighted by atomic mass is 9.95. The van der Waals surface area contributed by atoms with Crippen molar-refractivity contribution < 1.29 is 19.8 Å². The lowest BCUT2D eigenvalue weighted by molar-refractivity contribution is -0.129. The maximum atomic E-state index is 12.9. The summed E-state index contributed by atoms with van der Waals surface area (Å²) < 4.78 is 0. The normalized spacial score (nSPS) is 17.5. The van der Waals surface area contributed by atoms with Crippen molar-refractivity contribution in [2.24, 2.45) is 0 Å². The zero-order valence-electron chi connectivity index (χ0n) is 12.8. The quantitative estimate of drug-likeness (QED) is 0.755. The van der Waals surface area contributed by atoms with Crippen molar-refractivity contribution in [1.82, 2.24) is 4.90 Å². The van der Waals surface area contributed by atoms with Crippen molar-refractivity contribution in [3.63, 3.8) is 0 Å². The molecule has 0 fully saturated rings. The van der Waals surface area contributed by atoms with Gasteiger partial charge in [0.1, 0.15) is 0 Å². The van der Waals surface area contributed by atoms with Gasteiger partial charge in [-0.1, -0.05) is 35.3 Å². The number of aliphatic hydroxyl groups is 2. The molecule has 8 heteroatoms. The number of hydrogen-bond acceptors (Lipinski definition) is 5. The lowest BCUT2D eigenvalue weighted by Crippen LogP contribution is -2.33. The molecule has 2 aromatic rings. The topological polar surface area (TPSA) is 77.8 Å². The first-order chi connectivity index (χ1) is 12.0. The first-order valence-corrected chi connectivity index (χ1v) is 8.97. The highest BCUT2D eigenvalue weighted by molar-refractivity contribution is 7.12. The van der Waals surface area contributed by atoms with Crippen LogP contribution < -0.4 is 0 Å². The number of rotatable bonds is 5. The molecule has 0 radical (unpaired) electrons. The van der Waals surface area contributed by atoms with Crippen LogP contribution in [0.4, 0.5) is 0 Å². The van der Waals surface area contributed by atoms with E-state index in [4.69, 9.17) is 23.2 Å². The number of hydrogen-bond donors (Lipinski definition) is 2. The molecule has 0 spiro atoms. The number of thiophene rings is 1. The third-order valence-electron chi connectivity index (χ3n) is 3.89.